The molecule has 1 heterocycles. The second kappa shape index (κ2) is 3.07. The average Bonchev–Trinajstić information content (AvgIpc) is 2.44. The van der Waals surface area contributed by atoms with Crippen LogP contribution in [0.4, 0.5) is 0 Å². The first-order valence-corrected chi connectivity index (χ1v) is 5.78. The zero-order chi connectivity index (χ0) is 8.55. The molecule has 0 fully saturated rings. The number of aromatic nitrogens is 1. The SMILES string of the molecule is CSc1sc2ccccc2[n+]1C. The molecule has 3 heteroatoms. The van der Waals surface area contributed by atoms with Gasteiger partial charge in [0.2, 0.25) is 5.52 Å². The predicted octanol–water partition coefficient (Wildman–Crippen LogP) is 2.45. The molecule has 1 aromatic heterocycles. The molecule has 62 valence electrons. The molecule has 0 N–H and O–H groups in total. The maximum absolute atomic E-state index is 2.24. The van der Waals surface area contributed by atoms with Crippen molar-refractivity contribution in [2.45, 2.75) is 4.34 Å². The number of fused-ring (bicyclic) bond motifs is 1. The number of hydrogen-bond acceptors (Lipinski definition) is 2. The highest BCUT2D eigenvalue weighted by Crippen LogP contribution is 2.25. The van der Waals surface area contributed by atoms with E-state index in [1.807, 2.05) is 11.3 Å². The lowest BCUT2D eigenvalue weighted by Gasteiger charge is -1.84. The van der Waals surface area contributed by atoms with Gasteiger partial charge in [-0.05, 0) is 24.1 Å². The number of thiazole rings is 1. The number of aryl methyl sites for hydroxylation is 1. The second-order valence-corrected chi connectivity index (χ2v) is 4.68. The van der Waals surface area contributed by atoms with E-state index in [2.05, 4.69) is 42.1 Å². The van der Waals surface area contributed by atoms with Crippen LogP contribution in [0.15, 0.2) is 28.6 Å². The lowest BCUT2D eigenvalue weighted by atomic mass is 10.3. The molecule has 0 unspecified atom stereocenters. The smallest absolute Gasteiger partial charge is 0.179 e. The van der Waals surface area contributed by atoms with Crippen molar-refractivity contribution in [3.8, 4) is 0 Å². The van der Waals surface area contributed by atoms with Gasteiger partial charge in [0.1, 0.15) is 11.7 Å². The number of benzene rings is 1. The fraction of sp³-hybridized carbons (Fsp3) is 0.222. The molecule has 0 aliphatic heterocycles. The number of para-hydroxylation sites is 1. The lowest BCUT2D eigenvalue weighted by Crippen LogP contribution is -2.27. The molecule has 0 spiro atoms. The van der Waals surface area contributed by atoms with Crippen molar-refractivity contribution in [1.29, 1.82) is 0 Å². The predicted molar refractivity (Wildman–Crippen MR) is 54.8 cm³/mol. The van der Waals surface area contributed by atoms with Gasteiger partial charge in [0.15, 0.2) is 0 Å². The number of hydrogen-bond donors (Lipinski definition) is 0. The van der Waals surface area contributed by atoms with Gasteiger partial charge in [-0.1, -0.05) is 23.5 Å². The maximum atomic E-state index is 2.24. The fourth-order valence-corrected chi connectivity index (χ4v) is 3.11. The first-order chi connectivity index (χ1) is 5.83. The third-order valence-corrected chi connectivity index (χ3v) is 4.26. The van der Waals surface area contributed by atoms with Crippen LogP contribution in [0.1, 0.15) is 0 Å². The van der Waals surface area contributed by atoms with Gasteiger partial charge >= 0.3 is 0 Å². The first kappa shape index (κ1) is 8.08. The topological polar surface area (TPSA) is 3.88 Å². The molecule has 0 radical (unpaired) electrons. The molecule has 1 aromatic carbocycles. The van der Waals surface area contributed by atoms with Crippen LogP contribution in [0.5, 0.6) is 0 Å². The van der Waals surface area contributed by atoms with Crippen molar-refractivity contribution in [3.63, 3.8) is 0 Å². The van der Waals surface area contributed by atoms with Gasteiger partial charge in [0.25, 0.3) is 4.34 Å². The van der Waals surface area contributed by atoms with E-state index in [0.717, 1.165) is 0 Å². The van der Waals surface area contributed by atoms with E-state index in [1.165, 1.54) is 14.6 Å². The van der Waals surface area contributed by atoms with Gasteiger partial charge in [0.05, 0.1) is 0 Å². The van der Waals surface area contributed by atoms with Crippen molar-refractivity contribution < 1.29 is 4.57 Å². The molecule has 0 aliphatic rings. The maximum Gasteiger partial charge on any atom is 0.297 e. The third-order valence-electron chi connectivity index (χ3n) is 1.87. The minimum Gasteiger partial charge on any atom is -0.179 e. The Morgan fingerprint density at radius 3 is 2.75 bits per heavy atom. The van der Waals surface area contributed by atoms with Crippen LogP contribution < -0.4 is 4.57 Å². The summed E-state index contributed by atoms with van der Waals surface area (Å²) in [6.45, 7) is 0. The highest BCUT2D eigenvalue weighted by molar-refractivity contribution is 8.00. The number of thioether (sulfide) groups is 1. The third kappa shape index (κ3) is 1.13. The van der Waals surface area contributed by atoms with Crippen LogP contribution in [0.25, 0.3) is 10.2 Å². The quantitative estimate of drug-likeness (QED) is 0.500. The van der Waals surface area contributed by atoms with Crippen molar-refractivity contribution in [1.82, 2.24) is 0 Å². The monoisotopic (exact) mass is 196 g/mol. The molecule has 0 saturated carbocycles. The van der Waals surface area contributed by atoms with Crippen LogP contribution >= 0.6 is 23.1 Å². The van der Waals surface area contributed by atoms with Crippen LogP contribution in [0, 0.1) is 0 Å². The highest BCUT2D eigenvalue weighted by Gasteiger charge is 2.14. The molecule has 12 heavy (non-hydrogen) atoms. The van der Waals surface area contributed by atoms with Gasteiger partial charge in [-0.25, -0.2) is 0 Å². The van der Waals surface area contributed by atoms with E-state index in [-0.39, 0.29) is 0 Å². The molecule has 2 rings (SSSR count). The van der Waals surface area contributed by atoms with E-state index >= 15 is 0 Å². The summed E-state index contributed by atoms with van der Waals surface area (Å²) in [7, 11) is 2.12. The Hall–Kier alpha value is -0.540. The molecule has 0 saturated heterocycles. The van der Waals surface area contributed by atoms with Crippen molar-refractivity contribution in [2.24, 2.45) is 7.05 Å². The Labute approximate surface area is 80.0 Å². The second-order valence-electron chi connectivity index (χ2n) is 2.60. The van der Waals surface area contributed by atoms with Gasteiger partial charge in [-0.15, -0.1) is 0 Å². The molecular weight excluding hydrogens is 186 g/mol. The molecule has 1 nitrogen and oxygen atoms in total. The van der Waals surface area contributed by atoms with E-state index in [1.54, 1.807) is 11.8 Å². The fourth-order valence-electron chi connectivity index (χ4n) is 1.26. The van der Waals surface area contributed by atoms with E-state index in [4.69, 9.17) is 0 Å². The lowest BCUT2D eigenvalue weighted by molar-refractivity contribution is -0.676. The summed E-state index contributed by atoms with van der Waals surface area (Å²) < 4.78 is 4.96. The average molecular weight is 196 g/mol. The molecule has 0 amide bonds. The summed E-state index contributed by atoms with van der Waals surface area (Å²) in [6.07, 6.45) is 2.12. The minimum absolute atomic E-state index is 1.33. The summed E-state index contributed by atoms with van der Waals surface area (Å²) in [5, 5.41) is 0. The summed E-state index contributed by atoms with van der Waals surface area (Å²) in [4.78, 5) is 0. The Bertz CT molecular complexity index is 406. The highest BCUT2D eigenvalue weighted by atomic mass is 32.2. The standard InChI is InChI=1S/C9H10NS2/c1-10-7-5-3-4-6-8(7)12-9(10)11-2/h3-6H,1-2H3/q+1. The van der Waals surface area contributed by atoms with Crippen LogP contribution in [-0.4, -0.2) is 6.26 Å². The van der Waals surface area contributed by atoms with Crippen LogP contribution in [-0.2, 0) is 7.05 Å². The summed E-state index contributed by atoms with van der Waals surface area (Å²) in [5.41, 5.74) is 1.33. The molecule has 0 bridgehead atoms. The van der Waals surface area contributed by atoms with Gasteiger partial charge in [0, 0.05) is 6.07 Å². The van der Waals surface area contributed by atoms with E-state index in [9.17, 15) is 0 Å². The Kier molecular flexibility index (Phi) is 2.07. The Balaban J connectivity index is 2.78. The number of rotatable bonds is 1. The van der Waals surface area contributed by atoms with Crippen molar-refractivity contribution in [2.75, 3.05) is 6.26 Å². The van der Waals surface area contributed by atoms with Crippen LogP contribution in [0.2, 0.25) is 0 Å². The van der Waals surface area contributed by atoms with E-state index < -0.39 is 0 Å². The van der Waals surface area contributed by atoms with Crippen LogP contribution in [0.3, 0.4) is 0 Å². The first-order valence-electron chi connectivity index (χ1n) is 3.74. The van der Waals surface area contributed by atoms with Gasteiger partial charge in [-0.2, -0.15) is 4.57 Å². The molecule has 0 aliphatic carbocycles. The summed E-state index contributed by atoms with van der Waals surface area (Å²) in [6, 6.07) is 8.49. The Morgan fingerprint density at radius 1 is 1.33 bits per heavy atom. The zero-order valence-electron chi connectivity index (χ0n) is 7.07. The van der Waals surface area contributed by atoms with Gasteiger partial charge < -0.3 is 0 Å². The number of nitrogens with zero attached hydrogens (tertiary/aromatic N) is 1. The molecular formula is C9H10NS2+. The van der Waals surface area contributed by atoms with Crippen molar-refractivity contribution in [3.05, 3.63) is 24.3 Å². The summed E-state index contributed by atoms with van der Waals surface area (Å²) >= 11 is 3.65. The molecule has 0 atom stereocenters. The van der Waals surface area contributed by atoms with Crippen molar-refractivity contribution >= 4 is 33.3 Å². The van der Waals surface area contributed by atoms with E-state index in [0.29, 0.717) is 0 Å². The normalized spacial score (nSPS) is 10.8. The largest absolute Gasteiger partial charge is 0.297 e. The zero-order valence-corrected chi connectivity index (χ0v) is 8.71. The molecule has 2 aromatic rings. The summed E-state index contributed by atoms with van der Waals surface area (Å²) in [5.74, 6) is 0. The van der Waals surface area contributed by atoms with Gasteiger partial charge in [-0.3, -0.25) is 0 Å². The Morgan fingerprint density at radius 2 is 2.08 bits per heavy atom. The minimum atomic E-state index is 1.33.